The maximum absolute atomic E-state index is 12.6. The molecule has 2 N–H and O–H groups in total. The van der Waals surface area contributed by atoms with Crippen molar-refractivity contribution in [1.82, 2.24) is 10.4 Å². The van der Waals surface area contributed by atoms with E-state index < -0.39 is 34.4 Å². The Morgan fingerprint density at radius 3 is 2.28 bits per heavy atom. The lowest BCUT2D eigenvalue weighted by molar-refractivity contribution is -0.189. The van der Waals surface area contributed by atoms with Crippen molar-refractivity contribution in [3.05, 3.63) is 23.8 Å². The quantitative estimate of drug-likeness (QED) is 0.728. The molecule has 1 rings (SSSR count). The minimum atomic E-state index is -5.12. The molecule has 0 aliphatic carbocycles. The molecule has 1 aromatic rings. The van der Waals surface area contributed by atoms with E-state index in [0.29, 0.717) is 0 Å². The normalized spacial score (nSPS) is 11.9. The average molecular weight is 381 g/mol. The highest BCUT2D eigenvalue weighted by Crippen LogP contribution is 2.25. The first kappa shape index (κ1) is 20.9. The van der Waals surface area contributed by atoms with Crippen LogP contribution in [0.2, 0.25) is 0 Å². The number of rotatable bonds is 6. The lowest BCUT2D eigenvalue weighted by Gasteiger charge is -2.24. The van der Waals surface area contributed by atoms with Crippen LogP contribution in [0.15, 0.2) is 23.1 Å². The summed E-state index contributed by atoms with van der Waals surface area (Å²) in [5.41, 5.74) is 2.24. The van der Waals surface area contributed by atoms with Crippen LogP contribution in [0.3, 0.4) is 0 Å². The number of nitrogens with zero attached hydrogens (tertiary/aromatic N) is 1. The number of hydrazine groups is 1. The molecule has 0 aliphatic heterocycles. The van der Waals surface area contributed by atoms with Crippen molar-refractivity contribution >= 4 is 27.3 Å². The summed E-state index contributed by atoms with van der Waals surface area (Å²) in [6.07, 6.45) is -5.12. The van der Waals surface area contributed by atoms with Crippen LogP contribution in [0.5, 0.6) is 0 Å². The van der Waals surface area contributed by atoms with Crippen LogP contribution in [0.25, 0.3) is 0 Å². The Hall–Kier alpha value is -2.14. The summed E-state index contributed by atoms with van der Waals surface area (Å²) in [5.74, 6) is -2.87. The van der Waals surface area contributed by atoms with Gasteiger partial charge in [0.05, 0.1) is 17.2 Å². The first-order valence-electron chi connectivity index (χ1n) is 7.11. The van der Waals surface area contributed by atoms with Gasteiger partial charge >= 0.3 is 12.1 Å². The highest BCUT2D eigenvalue weighted by molar-refractivity contribution is 7.91. The topological polar surface area (TPSA) is 95.6 Å². The van der Waals surface area contributed by atoms with Gasteiger partial charge in [0, 0.05) is 19.7 Å². The fourth-order valence-corrected chi connectivity index (χ4v) is 3.13. The highest BCUT2D eigenvalue weighted by Gasteiger charge is 2.42. The first-order valence-corrected chi connectivity index (χ1v) is 8.77. The van der Waals surface area contributed by atoms with Gasteiger partial charge < -0.3 is 5.32 Å². The molecule has 1 aromatic carbocycles. The molecule has 11 heteroatoms. The molecule has 7 nitrogen and oxygen atoms in total. The van der Waals surface area contributed by atoms with Gasteiger partial charge in [0.15, 0.2) is 9.84 Å². The van der Waals surface area contributed by atoms with E-state index in [2.05, 4.69) is 10.7 Å². The molecular weight excluding hydrogens is 363 g/mol. The highest BCUT2D eigenvalue weighted by atomic mass is 32.2. The third kappa shape index (κ3) is 5.43. The first-order chi connectivity index (χ1) is 11.4. The smallest absolute Gasteiger partial charge is 0.326 e. The van der Waals surface area contributed by atoms with Gasteiger partial charge in [-0.1, -0.05) is 6.92 Å². The van der Waals surface area contributed by atoms with E-state index in [9.17, 15) is 31.2 Å². The molecule has 0 unspecified atom stereocenters. The molecule has 0 fully saturated rings. The van der Waals surface area contributed by atoms with Crippen molar-refractivity contribution in [2.75, 3.05) is 18.1 Å². The van der Waals surface area contributed by atoms with Gasteiger partial charge in [0.1, 0.15) is 0 Å². The number of carbonyl (C=O) groups is 2. The summed E-state index contributed by atoms with van der Waals surface area (Å²) < 4.78 is 62.2. The van der Waals surface area contributed by atoms with Crippen molar-refractivity contribution in [3.8, 4) is 0 Å². The number of carbonyl (C=O) groups excluding carboxylic acids is 2. The number of alkyl halides is 3. The lowest BCUT2D eigenvalue weighted by atomic mass is 10.2. The monoisotopic (exact) mass is 381 g/mol. The fourth-order valence-electron chi connectivity index (χ4n) is 2.02. The molecule has 0 radical (unpaired) electrons. The van der Waals surface area contributed by atoms with Crippen LogP contribution in [0, 0.1) is 0 Å². The molecule has 0 saturated carbocycles. The minimum Gasteiger partial charge on any atom is -0.326 e. The molecule has 0 spiro atoms. The van der Waals surface area contributed by atoms with E-state index in [1.807, 2.05) is 0 Å². The predicted molar refractivity (Wildman–Crippen MR) is 84.1 cm³/mol. The summed E-state index contributed by atoms with van der Waals surface area (Å²) in [4.78, 5) is 22.3. The number of halogens is 3. The molecule has 0 heterocycles. The number of hydrogen-bond donors (Lipinski definition) is 2. The molecule has 2 amide bonds. The largest absolute Gasteiger partial charge is 0.472 e. The van der Waals surface area contributed by atoms with Crippen LogP contribution in [0.1, 0.15) is 19.4 Å². The summed E-state index contributed by atoms with van der Waals surface area (Å²) in [6, 6.07) is 3.73. The van der Waals surface area contributed by atoms with Gasteiger partial charge in [-0.15, -0.1) is 0 Å². The second-order valence-corrected chi connectivity index (χ2v) is 7.27. The Bertz CT molecular complexity index is 763. The van der Waals surface area contributed by atoms with Crippen LogP contribution in [-0.4, -0.2) is 44.2 Å². The molecule has 0 saturated heterocycles. The van der Waals surface area contributed by atoms with Crippen molar-refractivity contribution < 1.29 is 31.2 Å². The van der Waals surface area contributed by atoms with Crippen molar-refractivity contribution in [1.29, 1.82) is 0 Å². The molecular formula is C14H18F3N3O4S. The van der Waals surface area contributed by atoms with E-state index in [1.165, 1.54) is 32.0 Å². The number of sulfone groups is 1. The fraction of sp³-hybridized carbons (Fsp3) is 0.429. The average Bonchev–Trinajstić information content (AvgIpc) is 2.50. The molecule has 140 valence electrons. The zero-order valence-corrected chi connectivity index (χ0v) is 14.6. The van der Waals surface area contributed by atoms with E-state index in [1.54, 1.807) is 0 Å². The predicted octanol–water partition coefficient (Wildman–Crippen LogP) is 1.46. The summed E-state index contributed by atoms with van der Waals surface area (Å²) in [6.45, 7) is 1.96. The van der Waals surface area contributed by atoms with Gasteiger partial charge in [-0.25, -0.2) is 13.8 Å². The zero-order valence-electron chi connectivity index (χ0n) is 13.8. The van der Waals surface area contributed by atoms with E-state index in [4.69, 9.17) is 0 Å². The van der Waals surface area contributed by atoms with Crippen molar-refractivity contribution in [2.24, 2.45) is 0 Å². The third-order valence-electron chi connectivity index (χ3n) is 3.18. The van der Waals surface area contributed by atoms with Crippen LogP contribution in [0.4, 0.5) is 18.9 Å². The number of anilines is 1. The Balaban J connectivity index is 3.37. The summed E-state index contributed by atoms with van der Waals surface area (Å²) >= 11 is 0. The summed E-state index contributed by atoms with van der Waals surface area (Å²) in [5, 5.41) is 2.66. The molecule has 25 heavy (non-hydrogen) atoms. The zero-order chi connectivity index (χ0) is 19.4. The maximum atomic E-state index is 12.6. The third-order valence-corrected chi connectivity index (χ3v) is 5.01. The molecule has 0 atom stereocenters. The number of nitrogens with one attached hydrogen (secondary N) is 2. The molecule has 0 aromatic heterocycles. The van der Waals surface area contributed by atoms with E-state index in [-0.39, 0.29) is 26.9 Å². The Kier molecular flexibility index (Phi) is 6.54. The minimum absolute atomic E-state index is 0.0555. The van der Waals surface area contributed by atoms with Crippen molar-refractivity contribution in [3.63, 3.8) is 0 Å². The Morgan fingerprint density at radius 1 is 1.24 bits per heavy atom. The van der Waals surface area contributed by atoms with Gasteiger partial charge in [0.2, 0.25) is 5.91 Å². The summed E-state index contributed by atoms with van der Waals surface area (Å²) in [7, 11) is -2.64. The molecule has 0 aliphatic rings. The van der Waals surface area contributed by atoms with E-state index >= 15 is 0 Å². The van der Waals surface area contributed by atoms with E-state index in [0.717, 1.165) is 7.05 Å². The van der Waals surface area contributed by atoms with Gasteiger partial charge in [-0.2, -0.15) is 13.2 Å². The van der Waals surface area contributed by atoms with Gasteiger partial charge in [0.25, 0.3) is 0 Å². The lowest BCUT2D eigenvalue weighted by Crippen LogP contribution is -2.47. The number of benzene rings is 1. The Morgan fingerprint density at radius 2 is 1.84 bits per heavy atom. The molecule has 0 bridgehead atoms. The number of hydrogen-bond acceptors (Lipinski definition) is 5. The van der Waals surface area contributed by atoms with Crippen LogP contribution >= 0.6 is 0 Å². The Labute approximate surface area is 143 Å². The second-order valence-electron chi connectivity index (χ2n) is 5.02. The van der Waals surface area contributed by atoms with Gasteiger partial charge in [-0.05, 0) is 23.8 Å². The van der Waals surface area contributed by atoms with Crippen LogP contribution in [-0.2, 0) is 26.0 Å². The SMILES string of the molecule is CCS(=O)(=O)c1ccc(NC(C)=O)cc1CN(NC)C(=O)C(F)(F)F. The van der Waals surface area contributed by atoms with Crippen LogP contribution < -0.4 is 10.7 Å². The number of amides is 2. The standard InChI is InChI=1S/C14H18F3N3O4S/c1-4-25(23,24)12-6-5-11(19-9(2)21)7-10(12)8-20(18-3)13(22)14(15,16)17/h5-7,18H,4,8H2,1-3H3,(H,19,21). The van der Waals surface area contributed by atoms with Crippen molar-refractivity contribution in [2.45, 2.75) is 31.5 Å². The van der Waals surface area contributed by atoms with Gasteiger partial charge in [-0.3, -0.25) is 14.6 Å². The second kappa shape index (κ2) is 7.83. The maximum Gasteiger partial charge on any atom is 0.472 e.